The van der Waals surface area contributed by atoms with Crippen molar-refractivity contribution in [3.63, 3.8) is 0 Å². The first-order valence-corrected chi connectivity index (χ1v) is 10.2. The van der Waals surface area contributed by atoms with Gasteiger partial charge in [-0.15, -0.1) is 5.26 Å². The second kappa shape index (κ2) is 10.7. The predicted octanol–water partition coefficient (Wildman–Crippen LogP) is 5.06. The van der Waals surface area contributed by atoms with E-state index in [0.29, 0.717) is 12.5 Å². The Morgan fingerprint density at radius 3 is 2.65 bits per heavy atom. The van der Waals surface area contributed by atoms with Gasteiger partial charge in [-0.3, -0.25) is 0 Å². The van der Waals surface area contributed by atoms with Crippen LogP contribution in [-0.2, 0) is 4.74 Å². The smallest absolute Gasteiger partial charge is 0.292 e. The van der Waals surface area contributed by atoms with Gasteiger partial charge in [-0.2, -0.15) is 0 Å². The number of ether oxygens (including phenoxy) is 3. The van der Waals surface area contributed by atoms with E-state index in [1.54, 1.807) is 26.5 Å². The Hall–Kier alpha value is -3.21. The standard InChI is InChI=1S/C24H26FN3O3/c1-16(27-11-6-12-29-3)22-14-28-24(20-8-5-4-7-19(20)22)31-17(2)21-13-18(30-15-26)9-10-23(21)25/h4-5,7-10,13-14,16-17,27H,6,11-12H2,1-3H3. The van der Waals surface area contributed by atoms with Crippen LogP contribution >= 0.6 is 0 Å². The van der Waals surface area contributed by atoms with Gasteiger partial charge in [-0.1, -0.05) is 18.2 Å². The molecule has 31 heavy (non-hydrogen) atoms. The number of fused-ring (bicyclic) bond motifs is 1. The summed E-state index contributed by atoms with van der Waals surface area (Å²) in [6, 6.07) is 12.1. The van der Waals surface area contributed by atoms with E-state index >= 15 is 0 Å². The van der Waals surface area contributed by atoms with Crippen LogP contribution in [0.2, 0.25) is 0 Å². The molecular formula is C24H26FN3O3. The number of rotatable bonds is 10. The fourth-order valence-corrected chi connectivity index (χ4v) is 3.45. The average molecular weight is 423 g/mol. The summed E-state index contributed by atoms with van der Waals surface area (Å²) in [5.41, 5.74) is 1.35. The Kier molecular flexibility index (Phi) is 7.76. The number of methoxy groups -OCH3 is 1. The van der Waals surface area contributed by atoms with Crippen LogP contribution in [0, 0.1) is 17.3 Å². The first-order chi connectivity index (χ1) is 15.0. The molecule has 2 atom stereocenters. The Balaban J connectivity index is 1.86. The number of aromatic nitrogens is 1. The predicted molar refractivity (Wildman–Crippen MR) is 116 cm³/mol. The van der Waals surface area contributed by atoms with Crippen molar-refractivity contribution in [3.05, 3.63) is 65.6 Å². The number of nitriles is 1. The number of pyridine rings is 1. The van der Waals surface area contributed by atoms with Crippen LogP contribution in [0.4, 0.5) is 4.39 Å². The first kappa shape index (κ1) is 22.5. The lowest BCUT2D eigenvalue weighted by Crippen LogP contribution is -2.21. The molecule has 0 amide bonds. The van der Waals surface area contributed by atoms with Crippen LogP contribution < -0.4 is 14.8 Å². The van der Waals surface area contributed by atoms with Crippen LogP contribution in [0.15, 0.2) is 48.7 Å². The second-order valence-electron chi connectivity index (χ2n) is 7.22. The van der Waals surface area contributed by atoms with Gasteiger partial charge in [0.2, 0.25) is 5.88 Å². The van der Waals surface area contributed by atoms with Crippen LogP contribution in [0.3, 0.4) is 0 Å². The topological polar surface area (TPSA) is 76.4 Å². The fourth-order valence-electron chi connectivity index (χ4n) is 3.45. The van der Waals surface area contributed by atoms with Gasteiger partial charge in [-0.25, -0.2) is 9.37 Å². The van der Waals surface area contributed by atoms with Crippen molar-refractivity contribution in [1.82, 2.24) is 10.3 Å². The maximum atomic E-state index is 14.4. The SMILES string of the molecule is COCCCNC(C)c1cnc(OC(C)c2cc(OC#N)ccc2F)c2ccccc12. The van der Waals surface area contributed by atoms with Crippen molar-refractivity contribution in [2.75, 3.05) is 20.3 Å². The van der Waals surface area contributed by atoms with E-state index in [4.69, 9.17) is 19.5 Å². The zero-order valence-corrected chi connectivity index (χ0v) is 17.9. The van der Waals surface area contributed by atoms with Crippen LogP contribution in [0.1, 0.15) is 43.5 Å². The monoisotopic (exact) mass is 423 g/mol. The average Bonchev–Trinajstić information content (AvgIpc) is 2.78. The lowest BCUT2D eigenvalue weighted by molar-refractivity contribution is 0.193. The highest BCUT2D eigenvalue weighted by Gasteiger charge is 2.18. The number of nitrogens with one attached hydrogen (secondary N) is 1. The van der Waals surface area contributed by atoms with E-state index in [0.717, 1.165) is 29.3 Å². The molecule has 0 saturated heterocycles. The molecule has 0 bridgehead atoms. The summed E-state index contributed by atoms with van der Waals surface area (Å²) < 4.78 is 30.3. The summed E-state index contributed by atoms with van der Waals surface area (Å²) in [6.45, 7) is 5.37. The quantitative estimate of drug-likeness (QED) is 0.363. The lowest BCUT2D eigenvalue weighted by Gasteiger charge is -2.20. The van der Waals surface area contributed by atoms with Gasteiger partial charge in [-0.05, 0) is 62.0 Å². The molecule has 6 nitrogen and oxygen atoms in total. The highest BCUT2D eigenvalue weighted by molar-refractivity contribution is 5.89. The summed E-state index contributed by atoms with van der Waals surface area (Å²) >= 11 is 0. The van der Waals surface area contributed by atoms with Gasteiger partial charge < -0.3 is 19.5 Å². The molecule has 0 aliphatic rings. The van der Waals surface area contributed by atoms with Gasteiger partial charge >= 0.3 is 0 Å². The van der Waals surface area contributed by atoms with E-state index in [2.05, 4.69) is 17.2 Å². The molecule has 7 heteroatoms. The molecule has 0 aliphatic carbocycles. The largest absolute Gasteiger partial charge is 0.469 e. The third kappa shape index (κ3) is 5.48. The van der Waals surface area contributed by atoms with Crippen LogP contribution in [0.25, 0.3) is 10.8 Å². The maximum Gasteiger partial charge on any atom is 0.292 e. The number of hydrogen-bond donors (Lipinski definition) is 1. The Morgan fingerprint density at radius 2 is 1.90 bits per heavy atom. The molecule has 3 rings (SSSR count). The van der Waals surface area contributed by atoms with Crippen LogP contribution in [-0.4, -0.2) is 25.2 Å². The number of halogens is 1. The number of nitrogens with zero attached hydrogens (tertiary/aromatic N) is 2. The molecule has 0 fully saturated rings. The molecule has 162 valence electrons. The maximum absolute atomic E-state index is 14.4. The molecule has 0 aliphatic heterocycles. The Labute approximate surface area is 181 Å². The molecule has 1 N–H and O–H groups in total. The molecule has 1 aromatic heterocycles. The molecule has 3 aromatic rings. The van der Waals surface area contributed by atoms with Gasteiger partial charge in [0, 0.05) is 36.9 Å². The highest BCUT2D eigenvalue weighted by atomic mass is 19.1. The Bertz CT molecular complexity index is 1070. The van der Waals surface area contributed by atoms with E-state index in [1.165, 1.54) is 18.2 Å². The van der Waals surface area contributed by atoms with Crippen molar-refractivity contribution >= 4 is 10.8 Å². The van der Waals surface area contributed by atoms with Crippen LogP contribution in [0.5, 0.6) is 11.6 Å². The molecular weight excluding hydrogens is 397 g/mol. The molecule has 1 heterocycles. The van der Waals surface area contributed by atoms with E-state index in [1.807, 2.05) is 24.3 Å². The van der Waals surface area contributed by atoms with Gasteiger partial charge in [0.1, 0.15) is 17.7 Å². The minimum absolute atomic E-state index is 0.0954. The molecule has 2 unspecified atom stereocenters. The van der Waals surface area contributed by atoms with Crippen molar-refractivity contribution in [3.8, 4) is 17.9 Å². The minimum Gasteiger partial charge on any atom is -0.469 e. The number of hydrogen-bond acceptors (Lipinski definition) is 6. The van der Waals surface area contributed by atoms with Crippen molar-refractivity contribution in [1.29, 1.82) is 5.26 Å². The highest BCUT2D eigenvalue weighted by Crippen LogP contribution is 2.33. The summed E-state index contributed by atoms with van der Waals surface area (Å²) in [6.07, 6.45) is 3.68. The van der Waals surface area contributed by atoms with Gasteiger partial charge in [0.05, 0.1) is 0 Å². The van der Waals surface area contributed by atoms with Crippen molar-refractivity contribution in [2.45, 2.75) is 32.4 Å². The third-order valence-corrected chi connectivity index (χ3v) is 5.09. The lowest BCUT2D eigenvalue weighted by atomic mass is 10.0. The van der Waals surface area contributed by atoms with E-state index in [-0.39, 0.29) is 17.4 Å². The minimum atomic E-state index is -0.631. The molecule has 0 spiro atoms. The summed E-state index contributed by atoms with van der Waals surface area (Å²) in [7, 11) is 1.69. The van der Waals surface area contributed by atoms with E-state index in [9.17, 15) is 4.39 Å². The normalized spacial score (nSPS) is 12.9. The van der Waals surface area contributed by atoms with Gasteiger partial charge in [0.25, 0.3) is 6.26 Å². The molecule has 0 saturated carbocycles. The molecule has 2 aromatic carbocycles. The zero-order chi connectivity index (χ0) is 22.2. The fraction of sp³-hybridized carbons (Fsp3) is 0.333. The zero-order valence-electron chi connectivity index (χ0n) is 17.9. The Morgan fingerprint density at radius 1 is 1.13 bits per heavy atom. The number of benzene rings is 2. The summed E-state index contributed by atoms with van der Waals surface area (Å²) in [5, 5.41) is 14.1. The summed E-state index contributed by atoms with van der Waals surface area (Å²) in [5.74, 6) is 0.243. The van der Waals surface area contributed by atoms with Crippen molar-refractivity contribution < 1.29 is 18.6 Å². The molecule has 0 radical (unpaired) electrons. The van der Waals surface area contributed by atoms with Gasteiger partial charge in [0.15, 0.2) is 0 Å². The first-order valence-electron chi connectivity index (χ1n) is 10.2. The van der Waals surface area contributed by atoms with Crippen molar-refractivity contribution in [2.24, 2.45) is 0 Å². The van der Waals surface area contributed by atoms with E-state index < -0.39 is 11.9 Å². The third-order valence-electron chi connectivity index (χ3n) is 5.09. The second-order valence-corrected chi connectivity index (χ2v) is 7.22. The summed E-state index contributed by atoms with van der Waals surface area (Å²) in [4.78, 5) is 4.53.